The Morgan fingerprint density at radius 1 is 1.44 bits per heavy atom. The number of anilines is 2. The van der Waals surface area contributed by atoms with E-state index in [9.17, 15) is 4.79 Å². The molecule has 1 saturated carbocycles. The fraction of sp³-hybridized carbons (Fsp3) is 0.538. The first-order valence-corrected chi connectivity index (χ1v) is 6.24. The van der Waals surface area contributed by atoms with E-state index in [1.54, 1.807) is 12.4 Å². The first kappa shape index (κ1) is 12.7. The van der Waals surface area contributed by atoms with Crippen molar-refractivity contribution in [3.8, 4) is 0 Å². The Balaban J connectivity index is 1.87. The van der Waals surface area contributed by atoms with Crippen molar-refractivity contribution in [3.05, 3.63) is 18.5 Å². The lowest BCUT2D eigenvalue weighted by Crippen LogP contribution is -2.30. The van der Waals surface area contributed by atoms with Crippen molar-refractivity contribution in [3.63, 3.8) is 0 Å². The van der Waals surface area contributed by atoms with Crippen molar-refractivity contribution >= 4 is 17.3 Å². The highest BCUT2D eigenvalue weighted by atomic mass is 16.5. The number of hydrogen-bond acceptors (Lipinski definition) is 5. The molecule has 5 nitrogen and oxygen atoms in total. The normalized spacial score (nSPS) is 23.4. The van der Waals surface area contributed by atoms with Gasteiger partial charge >= 0.3 is 5.97 Å². The zero-order chi connectivity index (χ0) is 13.0. The molecule has 0 unspecified atom stereocenters. The summed E-state index contributed by atoms with van der Waals surface area (Å²) in [5.41, 5.74) is 7.42. The van der Waals surface area contributed by atoms with Gasteiger partial charge in [-0.15, -0.1) is 0 Å². The van der Waals surface area contributed by atoms with Gasteiger partial charge in [0, 0.05) is 12.2 Å². The van der Waals surface area contributed by atoms with Crippen LogP contribution in [0.15, 0.2) is 18.5 Å². The summed E-state index contributed by atoms with van der Waals surface area (Å²) in [6.45, 7) is 0. The van der Waals surface area contributed by atoms with E-state index in [-0.39, 0.29) is 11.9 Å². The molecule has 1 heterocycles. The molecular weight excluding hydrogens is 230 g/mol. The van der Waals surface area contributed by atoms with Crippen LogP contribution in [0.1, 0.15) is 25.7 Å². The summed E-state index contributed by atoms with van der Waals surface area (Å²) >= 11 is 0. The molecule has 3 N–H and O–H groups in total. The molecule has 0 aromatic carbocycles. The molecule has 1 aromatic heterocycles. The number of nitrogens with two attached hydrogens (primary N) is 1. The molecule has 2 rings (SSSR count). The third kappa shape index (κ3) is 2.91. The molecule has 18 heavy (non-hydrogen) atoms. The number of nitrogens with one attached hydrogen (secondary N) is 1. The fourth-order valence-electron chi connectivity index (χ4n) is 2.40. The maximum atomic E-state index is 11.4. The number of aromatic nitrogens is 1. The Bertz CT molecular complexity index is 414. The zero-order valence-electron chi connectivity index (χ0n) is 10.6. The summed E-state index contributed by atoms with van der Waals surface area (Å²) in [6.07, 6.45) is 7.02. The van der Waals surface area contributed by atoms with Gasteiger partial charge in [0.15, 0.2) is 0 Å². The molecule has 0 saturated heterocycles. The Labute approximate surface area is 107 Å². The second-order valence-electron chi connectivity index (χ2n) is 4.68. The second kappa shape index (κ2) is 5.71. The number of ether oxygens (including phenoxy) is 1. The maximum absolute atomic E-state index is 11.4. The van der Waals surface area contributed by atoms with Gasteiger partial charge in [0.25, 0.3) is 0 Å². The van der Waals surface area contributed by atoms with Crippen LogP contribution >= 0.6 is 0 Å². The molecular formula is C13H19N3O2. The van der Waals surface area contributed by atoms with E-state index in [0.29, 0.717) is 11.7 Å². The number of carbonyl (C=O) groups excluding carboxylic acids is 1. The molecule has 1 aliphatic rings. The highest BCUT2D eigenvalue weighted by Gasteiger charge is 2.26. The van der Waals surface area contributed by atoms with Crippen LogP contribution in [0.3, 0.4) is 0 Å². The number of rotatable bonds is 3. The quantitative estimate of drug-likeness (QED) is 0.799. The van der Waals surface area contributed by atoms with E-state index in [4.69, 9.17) is 10.5 Å². The fourth-order valence-corrected chi connectivity index (χ4v) is 2.40. The van der Waals surface area contributed by atoms with Crippen LogP contribution in [-0.4, -0.2) is 24.1 Å². The Hall–Kier alpha value is -1.78. The van der Waals surface area contributed by atoms with Gasteiger partial charge in [0.1, 0.15) is 0 Å². The monoisotopic (exact) mass is 249 g/mol. The molecule has 1 aliphatic carbocycles. The smallest absolute Gasteiger partial charge is 0.308 e. The van der Waals surface area contributed by atoms with E-state index in [1.807, 2.05) is 6.07 Å². The number of carbonyl (C=O) groups is 1. The third-order valence-electron chi connectivity index (χ3n) is 3.47. The summed E-state index contributed by atoms with van der Waals surface area (Å²) in [6, 6.07) is 2.25. The molecule has 98 valence electrons. The minimum Gasteiger partial charge on any atom is -0.469 e. The second-order valence-corrected chi connectivity index (χ2v) is 4.68. The molecule has 1 fully saturated rings. The molecule has 1 aromatic rings. The number of esters is 1. The standard InChI is InChI=1S/C13H19N3O2/c1-18-13(17)9-2-4-10(5-3-9)16-12-6-7-15-8-11(12)14/h6-10H,2-5,14H2,1H3,(H,15,16). The summed E-state index contributed by atoms with van der Waals surface area (Å²) in [5.74, 6) is -0.0280. The molecule has 0 aliphatic heterocycles. The van der Waals surface area contributed by atoms with Crippen molar-refractivity contribution in [1.29, 1.82) is 0 Å². The van der Waals surface area contributed by atoms with Gasteiger partial charge in [-0.05, 0) is 31.7 Å². The van der Waals surface area contributed by atoms with Crippen LogP contribution in [0.5, 0.6) is 0 Å². The SMILES string of the molecule is COC(=O)C1CCC(Nc2ccncc2N)CC1. The lowest BCUT2D eigenvalue weighted by Gasteiger charge is -2.28. The lowest BCUT2D eigenvalue weighted by molar-refractivity contribution is -0.146. The minimum atomic E-state index is -0.0862. The predicted molar refractivity (Wildman–Crippen MR) is 70.0 cm³/mol. The van der Waals surface area contributed by atoms with Crippen LogP contribution in [0, 0.1) is 5.92 Å². The van der Waals surface area contributed by atoms with Crippen LogP contribution in [0.4, 0.5) is 11.4 Å². The summed E-state index contributed by atoms with van der Waals surface area (Å²) < 4.78 is 4.77. The van der Waals surface area contributed by atoms with Crippen LogP contribution in [0.25, 0.3) is 0 Å². The largest absolute Gasteiger partial charge is 0.469 e. The van der Waals surface area contributed by atoms with Gasteiger partial charge in [0.2, 0.25) is 0 Å². The molecule has 5 heteroatoms. The van der Waals surface area contributed by atoms with E-state index in [1.165, 1.54) is 7.11 Å². The predicted octanol–water partition coefficient (Wildman–Crippen LogP) is 1.81. The van der Waals surface area contributed by atoms with Crippen molar-refractivity contribution in [2.45, 2.75) is 31.7 Å². The van der Waals surface area contributed by atoms with E-state index < -0.39 is 0 Å². The van der Waals surface area contributed by atoms with Crippen molar-refractivity contribution in [2.24, 2.45) is 5.92 Å². The number of pyridine rings is 1. The Morgan fingerprint density at radius 2 is 2.17 bits per heavy atom. The average Bonchev–Trinajstić information content (AvgIpc) is 2.41. The molecule has 0 radical (unpaired) electrons. The van der Waals surface area contributed by atoms with E-state index >= 15 is 0 Å². The highest BCUT2D eigenvalue weighted by molar-refractivity contribution is 5.72. The molecule has 0 bridgehead atoms. The minimum absolute atomic E-state index is 0.0582. The Kier molecular flexibility index (Phi) is 4.02. The number of nitrogens with zero attached hydrogens (tertiary/aromatic N) is 1. The molecule has 0 spiro atoms. The first-order chi connectivity index (χ1) is 8.70. The topological polar surface area (TPSA) is 77.2 Å². The zero-order valence-corrected chi connectivity index (χ0v) is 10.6. The number of methoxy groups -OCH3 is 1. The van der Waals surface area contributed by atoms with Crippen molar-refractivity contribution in [1.82, 2.24) is 4.98 Å². The lowest BCUT2D eigenvalue weighted by atomic mass is 9.86. The van der Waals surface area contributed by atoms with Gasteiger partial charge in [0.05, 0.1) is 30.6 Å². The van der Waals surface area contributed by atoms with Gasteiger partial charge in [-0.3, -0.25) is 9.78 Å². The average molecular weight is 249 g/mol. The van der Waals surface area contributed by atoms with E-state index in [2.05, 4.69) is 10.3 Å². The van der Waals surface area contributed by atoms with E-state index in [0.717, 1.165) is 31.4 Å². The van der Waals surface area contributed by atoms with Crippen LogP contribution in [0.2, 0.25) is 0 Å². The van der Waals surface area contributed by atoms with Crippen LogP contribution in [-0.2, 0) is 9.53 Å². The maximum Gasteiger partial charge on any atom is 0.308 e. The van der Waals surface area contributed by atoms with Gasteiger partial charge in [-0.1, -0.05) is 0 Å². The van der Waals surface area contributed by atoms with Gasteiger partial charge in [-0.2, -0.15) is 0 Å². The number of nitrogen functional groups attached to an aromatic ring is 1. The van der Waals surface area contributed by atoms with Gasteiger partial charge < -0.3 is 15.8 Å². The number of hydrogen-bond donors (Lipinski definition) is 2. The van der Waals surface area contributed by atoms with Crippen molar-refractivity contribution in [2.75, 3.05) is 18.2 Å². The third-order valence-corrected chi connectivity index (χ3v) is 3.47. The van der Waals surface area contributed by atoms with Gasteiger partial charge in [-0.25, -0.2) is 0 Å². The summed E-state index contributed by atoms with van der Waals surface area (Å²) in [7, 11) is 1.45. The molecule has 0 amide bonds. The van der Waals surface area contributed by atoms with Crippen molar-refractivity contribution < 1.29 is 9.53 Å². The highest BCUT2D eigenvalue weighted by Crippen LogP contribution is 2.28. The summed E-state index contributed by atoms with van der Waals surface area (Å²) in [4.78, 5) is 15.4. The Morgan fingerprint density at radius 3 is 2.78 bits per heavy atom. The molecule has 0 atom stereocenters. The van der Waals surface area contributed by atoms with Crippen LogP contribution < -0.4 is 11.1 Å². The summed E-state index contributed by atoms with van der Waals surface area (Å²) in [5, 5.41) is 3.41. The first-order valence-electron chi connectivity index (χ1n) is 6.24.